The third kappa shape index (κ3) is 3.11. The van der Waals surface area contributed by atoms with E-state index >= 15 is 0 Å². The minimum atomic E-state index is -0.0624. The molecule has 0 unspecified atom stereocenters. The second-order valence-corrected chi connectivity index (χ2v) is 6.40. The van der Waals surface area contributed by atoms with Gasteiger partial charge in [-0.25, -0.2) is 0 Å². The summed E-state index contributed by atoms with van der Waals surface area (Å²) in [5.41, 5.74) is 1.05. The standard InChI is InChI=1S/C18H21NO4S/c1-21-14-7-6-12(11-16(14)22-2)13-5-4-10-19(13)18(20)15-8-9-17(23-15)24-3/h6-9,11,13H,4-5,10H2,1-3H3/t13-/m0/s1. The molecule has 3 rings (SSSR count). The van der Waals surface area contributed by atoms with E-state index in [2.05, 4.69) is 0 Å². The van der Waals surface area contributed by atoms with Crippen LogP contribution in [0.15, 0.2) is 39.8 Å². The van der Waals surface area contributed by atoms with Crippen LogP contribution in [0.5, 0.6) is 11.5 Å². The van der Waals surface area contributed by atoms with Gasteiger partial charge in [-0.15, -0.1) is 0 Å². The molecule has 1 saturated heterocycles. The number of methoxy groups -OCH3 is 2. The minimum absolute atomic E-state index is 0.0279. The maximum Gasteiger partial charge on any atom is 0.290 e. The van der Waals surface area contributed by atoms with E-state index < -0.39 is 0 Å². The van der Waals surface area contributed by atoms with Crippen LogP contribution in [0.2, 0.25) is 0 Å². The molecule has 0 aliphatic carbocycles. The molecule has 2 aromatic rings. The second-order valence-electron chi connectivity index (χ2n) is 5.59. The highest BCUT2D eigenvalue weighted by molar-refractivity contribution is 7.98. The van der Waals surface area contributed by atoms with E-state index in [4.69, 9.17) is 13.9 Å². The molecular formula is C18H21NO4S. The van der Waals surface area contributed by atoms with E-state index in [1.54, 1.807) is 20.3 Å². The van der Waals surface area contributed by atoms with Crippen LogP contribution in [0.3, 0.4) is 0 Å². The molecule has 0 saturated carbocycles. The zero-order chi connectivity index (χ0) is 17.1. The maximum absolute atomic E-state index is 12.8. The predicted molar refractivity (Wildman–Crippen MR) is 93.0 cm³/mol. The summed E-state index contributed by atoms with van der Waals surface area (Å²) in [6.07, 6.45) is 3.83. The van der Waals surface area contributed by atoms with Crippen molar-refractivity contribution in [2.24, 2.45) is 0 Å². The predicted octanol–water partition coefficient (Wildman–Crippen LogP) is 4.00. The van der Waals surface area contributed by atoms with E-state index in [0.29, 0.717) is 17.3 Å². The topological polar surface area (TPSA) is 51.9 Å². The van der Waals surface area contributed by atoms with Crippen LogP contribution in [-0.4, -0.2) is 37.8 Å². The number of nitrogens with zero attached hydrogens (tertiary/aromatic N) is 1. The first-order valence-electron chi connectivity index (χ1n) is 7.84. The Labute approximate surface area is 145 Å². The lowest BCUT2D eigenvalue weighted by molar-refractivity contribution is 0.0697. The van der Waals surface area contributed by atoms with Crippen molar-refractivity contribution in [3.8, 4) is 11.5 Å². The summed E-state index contributed by atoms with van der Waals surface area (Å²) in [6, 6.07) is 9.43. The van der Waals surface area contributed by atoms with Crippen LogP contribution in [0, 0.1) is 0 Å². The van der Waals surface area contributed by atoms with Crippen molar-refractivity contribution in [2.45, 2.75) is 24.0 Å². The summed E-state index contributed by atoms with van der Waals surface area (Å²) < 4.78 is 16.3. The Morgan fingerprint density at radius 2 is 2.00 bits per heavy atom. The SMILES string of the molecule is COc1ccc([C@@H]2CCCN2C(=O)c2ccc(SC)o2)cc1OC. The molecule has 1 aromatic heterocycles. The van der Waals surface area contributed by atoms with E-state index in [9.17, 15) is 4.79 Å². The Bertz CT molecular complexity index is 728. The van der Waals surface area contributed by atoms with Gasteiger partial charge in [-0.3, -0.25) is 4.79 Å². The Morgan fingerprint density at radius 3 is 2.67 bits per heavy atom. The van der Waals surface area contributed by atoms with Gasteiger partial charge in [-0.05, 0) is 48.9 Å². The number of hydrogen-bond acceptors (Lipinski definition) is 5. The number of ether oxygens (including phenoxy) is 2. The molecule has 1 atom stereocenters. The zero-order valence-corrected chi connectivity index (χ0v) is 14.9. The van der Waals surface area contributed by atoms with E-state index in [0.717, 1.165) is 30.0 Å². The van der Waals surface area contributed by atoms with Crippen molar-refractivity contribution in [1.82, 2.24) is 4.90 Å². The Kier molecular flexibility index (Phi) is 5.04. The molecule has 1 amide bonds. The summed E-state index contributed by atoms with van der Waals surface area (Å²) in [5.74, 6) is 1.70. The largest absolute Gasteiger partial charge is 0.493 e. The van der Waals surface area contributed by atoms with Gasteiger partial charge in [0.25, 0.3) is 5.91 Å². The molecule has 1 fully saturated rings. The lowest BCUT2D eigenvalue weighted by atomic mass is 10.0. The van der Waals surface area contributed by atoms with Crippen LogP contribution < -0.4 is 9.47 Å². The highest BCUT2D eigenvalue weighted by atomic mass is 32.2. The van der Waals surface area contributed by atoms with E-state index in [1.807, 2.05) is 35.4 Å². The number of hydrogen-bond donors (Lipinski definition) is 0. The molecule has 128 valence electrons. The van der Waals surface area contributed by atoms with Crippen molar-refractivity contribution in [3.63, 3.8) is 0 Å². The number of benzene rings is 1. The number of likely N-dealkylation sites (tertiary alicyclic amines) is 1. The van der Waals surface area contributed by atoms with Crippen LogP contribution >= 0.6 is 11.8 Å². The average Bonchev–Trinajstić information content (AvgIpc) is 3.29. The first kappa shape index (κ1) is 16.8. The average molecular weight is 347 g/mol. The summed E-state index contributed by atoms with van der Waals surface area (Å²) in [5, 5.41) is 0.750. The third-order valence-corrected chi connectivity index (χ3v) is 4.92. The van der Waals surface area contributed by atoms with Crippen LogP contribution in [0.25, 0.3) is 0 Å². The highest BCUT2D eigenvalue weighted by Crippen LogP contribution is 2.37. The zero-order valence-electron chi connectivity index (χ0n) is 14.1. The minimum Gasteiger partial charge on any atom is -0.493 e. The van der Waals surface area contributed by atoms with Crippen molar-refractivity contribution in [3.05, 3.63) is 41.7 Å². The van der Waals surface area contributed by atoms with Crippen LogP contribution in [0.1, 0.15) is 35.0 Å². The molecule has 6 heteroatoms. The smallest absolute Gasteiger partial charge is 0.290 e. The first-order chi connectivity index (χ1) is 11.7. The molecular weight excluding hydrogens is 326 g/mol. The number of carbonyl (C=O) groups is 1. The molecule has 24 heavy (non-hydrogen) atoms. The van der Waals surface area contributed by atoms with E-state index in [-0.39, 0.29) is 11.9 Å². The lowest BCUT2D eigenvalue weighted by Crippen LogP contribution is -2.30. The summed E-state index contributed by atoms with van der Waals surface area (Å²) in [4.78, 5) is 14.7. The van der Waals surface area contributed by atoms with Gasteiger partial charge in [0.2, 0.25) is 0 Å². The Morgan fingerprint density at radius 1 is 1.21 bits per heavy atom. The summed E-state index contributed by atoms with van der Waals surface area (Å²) >= 11 is 1.49. The highest BCUT2D eigenvalue weighted by Gasteiger charge is 2.32. The molecule has 1 aliphatic heterocycles. The molecule has 0 spiro atoms. The fourth-order valence-electron chi connectivity index (χ4n) is 3.10. The molecule has 2 heterocycles. The molecule has 5 nitrogen and oxygen atoms in total. The van der Waals surface area contributed by atoms with Crippen molar-refractivity contribution < 1.29 is 18.7 Å². The number of rotatable bonds is 5. The maximum atomic E-state index is 12.8. The lowest BCUT2D eigenvalue weighted by Gasteiger charge is -2.25. The van der Waals surface area contributed by atoms with Gasteiger partial charge in [-0.1, -0.05) is 17.8 Å². The number of amides is 1. The van der Waals surface area contributed by atoms with Gasteiger partial charge >= 0.3 is 0 Å². The number of furan rings is 1. The fourth-order valence-corrected chi connectivity index (χ4v) is 3.48. The van der Waals surface area contributed by atoms with Gasteiger partial charge in [0, 0.05) is 6.54 Å². The Hall–Kier alpha value is -2.08. The van der Waals surface area contributed by atoms with Gasteiger partial charge < -0.3 is 18.8 Å². The van der Waals surface area contributed by atoms with E-state index in [1.165, 1.54) is 11.8 Å². The number of thioether (sulfide) groups is 1. The molecule has 0 radical (unpaired) electrons. The molecule has 1 aromatic carbocycles. The number of carbonyl (C=O) groups excluding carboxylic acids is 1. The van der Waals surface area contributed by atoms with Gasteiger partial charge in [-0.2, -0.15) is 0 Å². The Balaban J connectivity index is 1.86. The van der Waals surface area contributed by atoms with Gasteiger partial charge in [0.15, 0.2) is 22.4 Å². The van der Waals surface area contributed by atoms with Crippen molar-refractivity contribution in [1.29, 1.82) is 0 Å². The third-order valence-electron chi connectivity index (χ3n) is 4.30. The molecule has 0 N–H and O–H groups in total. The molecule has 1 aliphatic rings. The second kappa shape index (κ2) is 7.21. The molecule has 0 bridgehead atoms. The quantitative estimate of drug-likeness (QED) is 0.765. The first-order valence-corrected chi connectivity index (χ1v) is 9.07. The van der Waals surface area contributed by atoms with Crippen LogP contribution in [-0.2, 0) is 0 Å². The summed E-state index contributed by atoms with van der Waals surface area (Å²) in [7, 11) is 3.23. The van der Waals surface area contributed by atoms with Gasteiger partial charge in [0.05, 0.1) is 20.3 Å². The van der Waals surface area contributed by atoms with Crippen molar-refractivity contribution in [2.75, 3.05) is 27.0 Å². The van der Waals surface area contributed by atoms with Gasteiger partial charge in [0.1, 0.15) is 0 Å². The fraction of sp³-hybridized carbons (Fsp3) is 0.389. The normalized spacial score (nSPS) is 17.1. The monoisotopic (exact) mass is 347 g/mol. The summed E-state index contributed by atoms with van der Waals surface area (Å²) in [6.45, 7) is 0.729. The van der Waals surface area contributed by atoms with Crippen molar-refractivity contribution >= 4 is 17.7 Å². The van der Waals surface area contributed by atoms with Crippen LogP contribution in [0.4, 0.5) is 0 Å².